The lowest BCUT2D eigenvalue weighted by Gasteiger charge is -2.11. The molecule has 2 aromatic carbocycles. The van der Waals surface area contributed by atoms with Crippen LogP contribution >= 0.6 is 0 Å². The molecule has 20 heavy (non-hydrogen) atoms. The molecule has 0 bridgehead atoms. The smallest absolute Gasteiger partial charge is 0.307 e. The Kier molecular flexibility index (Phi) is 4.25. The Balaban J connectivity index is 2.43. The van der Waals surface area contributed by atoms with Gasteiger partial charge in [-0.25, -0.2) is 0 Å². The van der Waals surface area contributed by atoms with Crippen LogP contribution in [-0.4, -0.2) is 25.3 Å². The number of carboxylic acids is 1. The van der Waals surface area contributed by atoms with E-state index in [0.717, 1.165) is 22.4 Å². The maximum Gasteiger partial charge on any atom is 0.307 e. The summed E-state index contributed by atoms with van der Waals surface area (Å²) in [5.41, 5.74) is 2.56. The van der Waals surface area contributed by atoms with E-state index >= 15 is 0 Å². The first-order chi connectivity index (χ1) is 9.63. The molecule has 0 aromatic heterocycles. The number of benzene rings is 2. The minimum absolute atomic E-state index is 0.00680. The molecule has 0 fully saturated rings. The van der Waals surface area contributed by atoms with Crippen LogP contribution < -0.4 is 9.47 Å². The number of hydrogen-bond donors (Lipinski definition) is 1. The molecule has 104 valence electrons. The first-order valence-electron chi connectivity index (χ1n) is 6.17. The van der Waals surface area contributed by atoms with Gasteiger partial charge in [-0.15, -0.1) is 0 Å². The van der Waals surface area contributed by atoms with E-state index in [1.807, 2.05) is 30.3 Å². The third-order valence-corrected chi connectivity index (χ3v) is 3.02. The molecular formula is C16H16O4. The van der Waals surface area contributed by atoms with Gasteiger partial charge in [0.25, 0.3) is 0 Å². The summed E-state index contributed by atoms with van der Waals surface area (Å²) in [6, 6.07) is 13.0. The maximum absolute atomic E-state index is 10.8. The predicted octanol–water partition coefficient (Wildman–Crippen LogP) is 3.00. The molecule has 0 radical (unpaired) electrons. The van der Waals surface area contributed by atoms with E-state index in [1.165, 1.54) is 0 Å². The first kappa shape index (κ1) is 13.9. The van der Waals surface area contributed by atoms with E-state index in [2.05, 4.69) is 0 Å². The van der Waals surface area contributed by atoms with Crippen LogP contribution in [0.4, 0.5) is 0 Å². The Bertz CT molecular complexity index is 602. The summed E-state index contributed by atoms with van der Waals surface area (Å²) in [6.07, 6.45) is -0.00680. The van der Waals surface area contributed by atoms with Gasteiger partial charge in [0.2, 0.25) is 0 Å². The lowest BCUT2D eigenvalue weighted by Crippen LogP contribution is -2.00. The minimum Gasteiger partial charge on any atom is -0.497 e. The van der Waals surface area contributed by atoms with E-state index in [-0.39, 0.29) is 6.42 Å². The third kappa shape index (κ3) is 3.09. The van der Waals surface area contributed by atoms with Gasteiger partial charge in [-0.05, 0) is 35.4 Å². The Morgan fingerprint density at radius 2 is 1.75 bits per heavy atom. The van der Waals surface area contributed by atoms with Gasteiger partial charge in [-0.3, -0.25) is 4.79 Å². The van der Waals surface area contributed by atoms with E-state index in [0.29, 0.717) is 5.75 Å². The fraction of sp³-hybridized carbons (Fsp3) is 0.188. The second-order valence-electron chi connectivity index (χ2n) is 4.33. The molecule has 0 heterocycles. The topological polar surface area (TPSA) is 55.8 Å². The summed E-state index contributed by atoms with van der Waals surface area (Å²) in [6.45, 7) is 0. The van der Waals surface area contributed by atoms with Crippen LogP contribution in [0, 0.1) is 0 Å². The summed E-state index contributed by atoms with van der Waals surface area (Å²) in [5.74, 6) is 0.634. The number of carboxylic acid groups (broad SMARTS) is 1. The number of rotatable bonds is 5. The van der Waals surface area contributed by atoms with Gasteiger partial charge in [-0.2, -0.15) is 0 Å². The number of aliphatic carboxylic acids is 1. The molecular weight excluding hydrogens is 256 g/mol. The molecule has 2 rings (SSSR count). The van der Waals surface area contributed by atoms with Crippen LogP contribution in [-0.2, 0) is 11.2 Å². The number of hydrogen-bond acceptors (Lipinski definition) is 3. The highest BCUT2D eigenvalue weighted by molar-refractivity contribution is 5.75. The van der Waals surface area contributed by atoms with Crippen molar-refractivity contribution in [2.45, 2.75) is 6.42 Å². The van der Waals surface area contributed by atoms with Gasteiger partial charge in [-0.1, -0.05) is 18.2 Å². The van der Waals surface area contributed by atoms with Crippen molar-refractivity contribution in [2.24, 2.45) is 0 Å². The van der Waals surface area contributed by atoms with Crippen LogP contribution in [0.3, 0.4) is 0 Å². The van der Waals surface area contributed by atoms with Crippen molar-refractivity contribution < 1.29 is 19.4 Å². The summed E-state index contributed by atoms with van der Waals surface area (Å²) in [5, 5.41) is 8.88. The molecule has 0 aliphatic rings. The number of methoxy groups -OCH3 is 2. The molecule has 0 saturated carbocycles. The van der Waals surface area contributed by atoms with Crippen molar-refractivity contribution >= 4 is 5.97 Å². The lowest BCUT2D eigenvalue weighted by atomic mass is 10.0. The van der Waals surface area contributed by atoms with Gasteiger partial charge in [0.1, 0.15) is 11.5 Å². The van der Waals surface area contributed by atoms with E-state index in [4.69, 9.17) is 14.6 Å². The second-order valence-corrected chi connectivity index (χ2v) is 4.33. The monoisotopic (exact) mass is 272 g/mol. The molecule has 0 spiro atoms. The molecule has 0 amide bonds. The number of carbonyl (C=O) groups is 1. The van der Waals surface area contributed by atoms with Gasteiger partial charge in [0, 0.05) is 5.56 Å². The zero-order valence-corrected chi connectivity index (χ0v) is 11.4. The van der Waals surface area contributed by atoms with Crippen molar-refractivity contribution in [3.05, 3.63) is 48.0 Å². The van der Waals surface area contributed by atoms with Crippen molar-refractivity contribution in [2.75, 3.05) is 14.2 Å². The van der Waals surface area contributed by atoms with Gasteiger partial charge >= 0.3 is 5.97 Å². The lowest BCUT2D eigenvalue weighted by molar-refractivity contribution is -0.136. The molecule has 0 saturated heterocycles. The van der Waals surface area contributed by atoms with Gasteiger partial charge in [0.15, 0.2) is 0 Å². The van der Waals surface area contributed by atoms with Crippen LogP contribution in [0.25, 0.3) is 11.1 Å². The zero-order valence-electron chi connectivity index (χ0n) is 11.4. The summed E-state index contributed by atoms with van der Waals surface area (Å²) < 4.78 is 10.5. The molecule has 2 aromatic rings. The van der Waals surface area contributed by atoms with Crippen molar-refractivity contribution in [1.82, 2.24) is 0 Å². The van der Waals surface area contributed by atoms with E-state index in [9.17, 15) is 4.79 Å². The second kappa shape index (κ2) is 6.10. The highest BCUT2D eigenvalue weighted by atomic mass is 16.5. The standard InChI is InChI=1S/C16H16O4/c1-19-13-6-4-12(5-7-13)14-9-11(10-16(17)18)3-8-15(14)20-2/h3-9H,10H2,1-2H3,(H,17,18). The van der Waals surface area contributed by atoms with Crippen molar-refractivity contribution in [1.29, 1.82) is 0 Å². The molecule has 4 heteroatoms. The first-order valence-corrected chi connectivity index (χ1v) is 6.17. The van der Waals surface area contributed by atoms with Crippen molar-refractivity contribution in [3.8, 4) is 22.6 Å². The molecule has 1 N–H and O–H groups in total. The predicted molar refractivity (Wildman–Crippen MR) is 76.3 cm³/mol. The van der Waals surface area contributed by atoms with Crippen LogP contribution in [0.1, 0.15) is 5.56 Å². The van der Waals surface area contributed by atoms with E-state index in [1.54, 1.807) is 26.4 Å². The largest absolute Gasteiger partial charge is 0.497 e. The average molecular weight is 272 g/mol. The van der Waals surface area contributed by atoms with E-state index < -0.39 is 5.97 Å². The Morgan fingerprint density at radius 3 is 2.30 bits per heavy atom. The fourth-order valence-corrected chi connectivity index (χ4v) is 2.04. The summed E-state index contributed by atoms with van der Waals surface area (Å²) in [4.78, 5) is 10.8. The zero-order chi connectivity index (χ0) is 14.5. The molecule has 0 aliphatic heterocycles. The van der Waals surface area contributed by atoms with Gasteiger partial charge in [0.05, 0.1) is 20.6 Å². The Hall–Kier alpha value is -2.49. The quantitative estimate of drug-likeness (QED) is 0.909. The third-order valence-electron chi connectivity index (χ3n) is 3.02. The fourth-order valence-electron chi connectivity index (χ4n) is 2.04. The normalized spacial score (nSPS) is 10.1. The highest BCUT2D eigenvalue weighted by Crippen LogP contribution is 2.32. The maximum atomic E-state index is 10.8. The Morgan fingerprint density at radius 1 is 1.05 bits per heavy atom. The molecule has 0 unspecified atom stereocenters. The molecule has 0 atom stereocenters. The Labute approximate surface area is 117 Å². The van der Waals surface area contributed by atoms with Crippen LogP contribution in [0.5, 0.6) is 11.5 Å². The minimum atomic E-state index is -0.851. The average Bonchev–Trinajstić information content (AvgIpc) is 2.46. The van der Waals surface area contributed by atoms with Crippen LogP contribution in [0.15, 0.2) is 42.5 Å². The SMILES string of the molecule is COc1ccc(-c2cc(CC(=O)O)ccc2OC)cc1. The van der Waals surface area contributed by atoms with Crippen molar-refractivity contribution in [3.63, 3.8) is 0 Å². The van der Waals surface area contributed by atoms with Crippen LogP contribution in [0.2, 0.25) is 0 Å². The summed E-state index contributed by atoms with van der Waals surface area (Å²) in [7, 11) is 3.21. The van der Waals surface area contributed by atoms with Gasteiger partial charge < -0.3 is 14.6 Å². The molecule has 4 nitrogen and oxygen atoms in total. The molecule has 0 aliphatic carbocycles. The highest BCUT2D eigenvalue weighted by Gasteiger charge is 2.09. The summed E-state index contributed by atoms with van der Waals surface area (Å²) >= 11 is 0. The number of ether oxygens (including phenoxy) is 2.